The first kappa shape index (κ1) is 13.4. The van der Waals surface area contributed by atoms with Crippen LogP contribution in [0.2, 0.25) is 0 Å². The lowest BCUT2D eigenvalue weighted by molar-refractivity contribution is 0.632. The Hall–Kier alpha value is -2.61. The third-order valence-corrected chi connectivity index (χ3v) is 3.51. The van der Waals surface area contributed by atoms with Gasteiger partial charge in [-0.15, -0.1) is 0 Å². The monoisotopic (exact) mass is 277 g/mol. The van der Waals surface area contributed by atoms with E-state index in [1.165, 1.54) is 17.2 Å². The number of nitrogens with two attached hydrogens (primary N) is 1. The molecule has 21 heavy (non-hydrogen) atoms. The van der Waals surface area contributed by atoms with E-state index < -0.39 is 0 Å². The minimum atomic E-state index is -0.286. The molecule has 0 heterocycles. The molecule has 0 unspecified atom stereocenters. The van der Waals surface area contributed by atoms with Gasteiger partial charge in [-0.3, -0.25) is 0 Å². The van der Waals surface area contributed by atoms with Gasteiger partial charge >= 0.3 is 0 Å². The maximum atomic E-state index is 13.9. The molecule has 0 aliphatic carbocycles. The van der Waals surface area contributed by atoms with Crippen molar-refractivity contribution in [3.63, 3.8) is 0 Å². The van der Waals surface area contributed by atoms with E-state index in [-0.39, 0.29) is 5.82 Å². The fraction of sp³-hybridized carbons (Fsp3) is 0.0526. The van der Waals surface area contributed by atoms with Crippen LogP contribution in [0.25, 0.3) is 11.1 Å². The van der Waals surface area contributed by atoms with Crippen molar-refractivity contribution in [3.8, 4) is 11.1 Å². The molecule has 0 atom stereocenters. The molecule has 0 saturated carbocycles. The van der Waals surface area contributed by atoms with Crippen LogP contribution in [0.15, 0.2) is 72.8 Å². The zero-order valence-electron chi connectivity index (χ0n) is 11.6. The second-order valence-electron chi connectivity index (χ2n) is 5.10. The number of benzene rings is 3. The zero-order valence-corrected chi connectivity index (χ0v) is 11.6. The van der Waals surface area contributed by atoms with Gasteiger partial charge in [0, 0.05) is 11.3 Å². The van der Waals surface area contributed by atoms with Gasteiger partial charge < -0.3 is 5.73 Å². The Balaban J connectivity index is 1.84. The Kier molecular flexibility index (Phi) is 3.69. The molecule has 3 aromatic carbocycles. The lowest BCUT2D eigenvalue weighted by Crippen LogP contribution is -1.91. The van der Waals surface area contributed by atoms with Gasteiger partial charge in [-0.25, -0.2) is 4.39 Å². The average molecular weight is 277 g/mol. The highest BCUT2D eigenvalue weighted by molar-refractivity contribution is 5.66. The van der Waals surface area contributed by atoms with Crippen molar-refractivity contribution in [1.29, 1.82) is 0 Å². The van der Waals surface area contributed by atoms with E-state index in [9.17, 15) is 4.39 Å². The highest BCUT2D eigenvalue weighted by Crippen LogP contribution is 2.25. The van der Waals surface area contributed by atoms with E-state index in [0.717, 1.165) is 12.0 Å². The molecule has 0 fully saturated rings. The number of nitrogen functional groups attached to an aromatic ring is 1. The zero-order chi connectivity index (χ0) is 14.7. The van der Waals surface area contributed by atoms with Gasteiger partial charge in [-0.2, -0.15) is 0 Å². The van der Waals surface area contributed by atoms with Crippen LogP contribution < -0.4 is 5.73 Å². The first-order valence-corrected chi connectivity index (χ1v) is 6.90. The summed E-state index contributed by atoms with van der Waals surface area (Å²) in [5.41, 5.74) is 9.94. The van der Waals surface area contributed by atoms with Crippen molar-refractivity contribution in [2.45, 2.75) is 6.42 Å². The third kappa shape index (κ3) is 3.11. The number of hydrogen-bond acceptors (Lipinski definition) is 1. The van der Waals surface area contributed by atoms with Crippen LogP contribution in [0.1, 0.15) is 11.1 Å². The van der Waals surface area contributed by atoms with Gasteiger partial charge in [-0.05, 0) is 41.3 Å². The largest absolute Gasteiger partial charge is 0.399 e. The fourth-order valence-corrected chi connectivity index (χ4v) is 2.40. The Bertz CT molecular complexity index is 733. The summed E-state index contributed by atoms with van der Waals surface area (Å²) < 4.78 is 13.9. The average Bonchev–Trinajstić information content (AvgIpc) is 2.49. The van der Waals surface area contributed by atoms with Gasteiger partial charge in [0.1, 0.15) is 5.82 Å². The topological polar surface area (TPSA) is 26.0 Å². The number of hydrogen-bond donors (Lipinski definition) is 1. The molecule has 3 rings (SSSR count). The molecular weight excluding hydrogens is 261 g/mol. The van der Waals surface area contributed by atoms with Gasteiger partial charge in [0.05, 0.1) is 0 Å². The van der Waals surface area contributed by atoms with Crippen LogP contribution >= 0.6 is 0 Å². The molecule has 104 valence electrons. The molecule has 2 N–H and O–H groups in total. The van der Waals surface area contributed by atoms with Crippen molar-refractivity contribution in [1.82, 2.24) is 0 Å². The van der Waals surface area contributed by atoms with Crippen molar-refractivity contribution >= 4 is 5.69 Å². The smallest absolute Gasteiger partial charge is 0.133 e. The predicted octanol–water partition coefficient (Wildman–Crippen LogP) is 4.67. The van der Waals surface area contributed by atoms with Crippen molar-refractivity contribution in [2.75, 3.05) is 5.73 Å². The minimum absolute atomic E-state index is 0.286. The highest BCUT2D eigenvalue weighted by atomic mass is 19.1. The van der Waals surface area contributed by atoms with Crippen molar-refractivity contribution in [2.24, 2.45) is 0 Å². The summed E-state index contributed by atoms with van der Waals surface area (Å²) >= 11 is 0. The quantitative estimate of drug-likeness (QED) is 0.692. The number of rotatable bonds is 3. The maximum absolute atomic E-state index is 13.9. The highest BCUT2D eigenvalue weighted by Gasteiger charge is 2.05. The van der Waals surface area contributed by atoms with Crippen molar-refractivity contribution < 1.29 is 4.39 Å². The molecule has 0 aliphatic rings. The normalized spacial score (nSPS) is 10.5. The van der Waals surface area contributed by atoms with E-state index in [2.05, 4.69) is 12.1 Å². The van der Waals surface area contributed by atoms with E-state index >= 15 is 0 Å². The standard InChI is InChI=1S/C19H16FN/c20-19-13-17(21)10-11-18(19)16-8-6-15(7-9-16)12-14-4-2-1-3-5-14/h1-11,13H,12,21H2. The Labute approximate surface area is 123 Å². The summed E-state index contributed by atoms with van der Waals surface area (Å²) in [6, 6.07) is 23.1. The molecule has 0 spiro atoms. The first-order chi connectivity index (χ1) is 10.2. The summed E-state index contributed by atoms with van der Waals surface area (Å²) in [6.07, 6.45) is 0.880. The Morgan fingerprint density at radius 1 is 0.762 bits per heavy atom. The molecule has 2 heteroatoms. The lowest BCUT2D eigenvalue weighted by Gasteiger charge is -2.07. The second kappa shape index (κ2) is 5.80. The Morgan fingerprint density at radius 2 is 1.43 bits per heavy atom. The molecule has 0 aromatic heterocycles. The van der Waals surface area contributed by atoms with Crippen LogP contribution in [0.3, 0.4) is 0 Å². The summed E-state index contributed by atoms with van der Waals surface area (Å²) in [5.74, 6) is -0.286. The molecule has 1 nitrogen and oxygen atoms in total. The minimum Gasteiger partial charge on any atom is -0.399 e. The van der Waals surface area contributed by atoms with Gasteiger partial charge in [0.25, 0.3) is 0 Å². The van der Waals surface area contributed by atoms with E-state index in [1.54, 1.807) is 12.1 Å². The molecule has 0 amide bonds. The summed E-state index contributed by atoms with van der Waals surface area (Å²) in [5, 5.41) is 0. The molecular formula is C19H16FN. The van der Waals surface area contributed by atoms with Crippen LogP contribution in [-0.2, 0) is 6.42 Å². The van der Waals surface area contributed by atoms with Gasteiger partial charge in [0.15, 0.2) is 0 Å². The molecule has 0 radical (unpaired) electrons. The van der Waals surface area contributed by atoms with E-state index in [0.29, 0.717) is 11.3 Å². The first-order valence-electron chi connectivity index (χ1n) is 6.90. The molecule has 3 aromatic rings. The van der Waals surface area contributed by atoms with E-state index in [1.807, 2.05) is 42.5 Å². The van der Waals surface area contributed by atoms with Gasteiger partial charge in [0.2, 0.25) is 0 Å². The second-order valence-corrected chi connectivity index (χ2v) is 5.10. The summed E-state index contributed by atoms with van der Waals surface area (Å²) in [4.78, 5) is 0. The maximum Gasteiger partial charge on any atom is 0.133 e. The Morgan fingerprint density at radius 3 is 2.10 bits per heavy atom. The number of anilines is 1. The summed E-state index contributed by atoms with van der Waals surface area (Å²) in [7, 11) is 0. The van der Waals surface area contributed by atoms with Crippen LogP contribution in [0, 0.1) is 5.82 Å². The van der Waals surface area contributed by atoms with Crippen LogP contribution in [0.5, 0.6) is 0 Å². The van der Waals surface area contributed by atoms with Crippen LogP contribution in [0.4, 0.5) is 10.1 Å². The third-order valence-electron chi connectivity index (χ3n) is 3.51. The predicted molar refractivity (Wildman–Crippen MR) is 85.5 cm³/mol. The molecule has 0 bridgehead atoms. The molecule has 0 saturated heterocycles. The van der Waals surface area contributed by atoms with E-state index in [4.69, 9.17) is 5.73 Å². The van der Waals surface area contributed by atoms with Crippen LogP contribution in [-0.4, -0.2) is 0 Å². The van der Waals surface area contributed by atoms with Gasteiger partial charge in [-0.1, -0.05) is 54.6 Å². The number of halogens is 1. The molecule has 0 aliphatic heterocycles. The lowest BCUT2D eigenvalue weighted by atomic mass is 10.00. The fourth-order valence-electron chi connectivity index (χ4n) is 2.40. The summed E-state index contributed by atoms with van der Waals surface area (Å²) in [6.45, 7) is 0. The van der Waals surface area contributed by atoms with Crippen molar-refractivity contribution in [3.05, 3.63) is 89.7 Å². The SMILES string of the molecule is Nc1ccc(-c2ccc(Cc3ccccc3)cc2)c(F)c1.